The monoisotopic (exact) mass is 279 g/mol. The van der Waals surface area contributed by atoms with Crippen molar-refractivity contribution in [1.29, 1.82) is 0 Å². The first-order chi connectivity index (χ1) is 8.13. The van der Waals surface area contributed by atoms with E-state index in [-0.39, 0.29) is 18.5 Å². The molecule has 0 radical (unpaired) electrons. The molecule has 18 heavy (non-hydrogen) atoms. The molecule has 0 aliphatic carbocycles. The van der Waals surface area contributed by atoms with Crippen molar-refractivity contribution >= 4 is 18.5 Å². The molecular formula is C12H26ClN3O2. The summed E-state index contributed by atoms with van der Waals surface area (Å²) in [6.07, 6.45) is 1.02. The highest BCUT2D eigenvalue weighted by Gasteiger charge is 2.21. The number of hydrogen-bond donors (Lipinski definition) is 0. The number of ether oxygens (including phenoxy) is 1. The second kappa shape index (κ2) is 9.42. The van der Waals surface area contributed by atoms with Crippen molar-refractivity contribution in [1.82, 2.24) is 14.7 Å². The Morgan fingerprint density at radius 2 is 1.83 bits per heavy atom. The highest BCUT2D eigenvalue weighted by Crippen LogP contribution is 2.04. The molecule has 108 valence electrons. The van der Waals surface area contributed by atoms with Crippen LogP contribution in [0.15, 0.2) is 0 Å². The Morgan fingerprint density at radius 1 is 1.22 bits per heavy atom. The van der Waals surface area contributed by atoms with E-state index in [1.165, 1.54) is 6.42 Å². The lowest BCUT2D eigenvalue weighted by Crippen LogP contribution is -2.49. The van der Waals surface area contributed by atoms with E-state index < -0.39 is 0 Å². The van der Waals surface area contributed by atoms with Crippen molar-refractivity contribution in [2.45, 2.75) is 13.3 Å². The van der Waals surface area contributed by atoms with E-state index in [1.54, 1.807) is 4.90 Å². The minimum atomic E-state index is -0.166. The van der Waals surface area contributed by atoms with Gasteiger partial charge in [-0.25, -0.2) is 4.79 Å². The van der Waals surface area contributed by atoms with Crippen LogP contribution < -0.4 is 0 Å². The van der Waals surface area contributed by atoms with Crippen molar-refractivity contribution in [2.24, 2.45) is 0 Å². The summed E-state index contributed by atoms with van der Waals surface area (Å²) in [4.78, 5) is 17.9. The number of amides is 1. The summed E-state index contributed by atoms with van der Waals surface area (Å²) in [5.41, 5.74) is 0. The second-order valence-electron chi connectivity index (χ2n) is 4.68. The Balaban J connectivity index is 0.00000289. The van der Waals surface area contributed by atoms with E-state index in [2.05, 4.69) is 23.9 Å². The number of carbonyl (C=O) groups is 1. The Morgan fingerprint density at radius 3 is 2.33 bits per heavy atom. The zero-order valence-electron chi connectivity index (χ0n) is 11.7. The molecule has 1 rings (SSSR count). The second-order valence-corrected chi connectivity index (χ2v) is 4.68. The lowest BCUT2D eigenvalue weighted by atomic mass is 10.3. The number of nitrogens with zero attached hydrogens (tertiary/aromatic N) is 3. The van der Waals surface area contributed by atoms with Crippen LogP contribution in [0.3, 0.4) is 0 Å². The molecule has 0 N–H and O–H groups in total. The van der Waals surface area contributed by atoms with Gasteiger partial charge in [0.15, 0.2) is 0 Å². The van der Waals surface area contributed by atoms with Gasteiger partial charge >= 0.3 is 6.09 Å². The number of piperazine rings is 1. The average Bonchev–Trinajstić information content (AvgIpc) is 2.30. The van der Waals surface area contributed by atoms with E-state index in [1.807, 2.05) is 6.92 Å². The number of rotatable bonds is 5. The van der Waals surface area contributed by atoms with Crippen LogP contribution in [0.25, 0.3) is 0 Å². The van der Waals surface area contributed by atoms with E-state index in [0.29, 0.717) is 6.61 Å². The third kappa shape index (κ3) is 6.42. The molecule has 0 saturated carbocycles. The Bertz CT molecular complexity index is 231. The molecule has 0 atom stereocenters. The molecule has 0 aromatic carbocycles. The van der Waals surface area contributed by atoms with Gasteiger partial charge in [0.05, 0.1) is 6.61 Å². The largest absolute Gasteiger partial charge is 0.450 e. The first kappa shape index (κ1) is 17.5. The molecule has 0 aromatic rings. The third-order valence-corrected chi connectivity index (χ3v) is 2.98. The van der Waals surface area contributed by atoms with Gasteiger partial charge in [0.1, 0.15) is 0 Å². The van der Waals surface area contributed by atoms with E-state index >= 15 is 0 Å². The van der Waals surface area contributed by atoms with Crippen LogP contribution in [-0.2, 0) is 4.74 Å². The first-order valence-electron chi connectivity index (χ1n) is 6.42. The van der Waals surface area contributed by atoms with Gasteiger partial charge in [-0.2, -0.15) is 0 Å². The summed E-state index contributed by atoms with van der Waals surface area (Å²) in [5, 5.41) is 0. The van der Waals surface area contributed by atoms with Gasteiger partial charge in [-0.3, -0.25) is 4.90 Å². The molecule has 1 amide bonds. The van der Waals surface area contributed by atoms with Crippen LogP contribution in [0.1, 0.15) is 13.3 Å². The van der Waals surface area contributed by atoms with Gasteiger partial charge in [0, 0.05) is 26.2 Å². The highest BCUT2D eigenvalue weighted by molar-refractivity contribution is 5.85. The summed E-state index contributed by atoms with van der Waals surface area (Å²) in [6, 6.07) is 0. The van der Waals surface area contributed by atoms with Gasteiger partial charge in [0.2, 0.25) is 0 Å². The Labute approximate surface area is 116 Å². The molecule has 0 spiro atoms. The summed E-state index contributed by atoms with van der Waals surface area (Å²) in [5.74, 6) is 0. The van der Waals surface area contributed by atoms with Crippen molar-refractivity contribution in [3.05, 3.63) is 0 Å². The van der Waals surface area contributed by atoms with Crippen LogP contribution in [0.5, 0.6) is 0 Å². The predicted molar refractivity (Wildman–Crippen MR) is 75.5 cm³/mol. The van der Waals surface area contributed by atoms with Gasteiger partial charge in [-0.1, -0.05) is 0 Å². The molecule has 1 heterocycles. The van der Waals surface area contributed by atoms with Gasteiger partial charge in [-0.05, 0) is 40.5 Å². The van der Waals surface area contributed by atoms with Gasteiger partial charge in [0.25, 0.3) is 0 Å². The van der Waals surface area contributed by atoms with Crippen LogP contribution in [-0.4, -0.2) is 80.8 Å². The summed E-state index contributed by atoms with van der Waals surface area (Å²) in [6.45, 7) is 8.06. The maximum Gasteiger partial charge on any atom is 0.409 e. The fourth-order valence-corrected chi connectivity index (χ4v) is 1.98. The molecule has 0 aromatic heterocycles. The number of hydrogen-bond acceptors (Lipinski definition) is 4. The number of halogens is 1. The minimum absolute atomic E-state index is 0. The van der Waals surface area contributed by atoms with Crippen molar-refractivity contribution < 1.29 is 9.53 Å². The zero-order valence-corrected chi connectivity index (χ0v) is 12.5. The first-order valence-corrected chi connectivity index (χ1v) is 6.42. The maximum atomic E-state index is 11.5. The fourth-order valence-electron chi connectivity index (χ4n) is 1.98. The molecule has 1 aliphatic rings. The molecule has 5 nitrogen and oxygen atoms in total. The fraction of sp³-hybridized carbons (Fsp3) is 0.917. The van der Waals surface area contributed by atoms with E-state index in [0.717, 1.165) is 39.3 Å². The lowest BCUT2D eigenvalue weighted by molar-refractivity contribution is 0.0788. The van der Waals surface area contributed by atoms with Crippen molar-refractivity contribution in [3.8, 4) is 0 Å². The zero-order chi connectivity index (χ0) is 12.7. The summed E-state index contributed by atoms with van der Waals surface area (Å²) in [7, 11) is 4.19. The predicted octanol–water partition coefficient (Wildman–Crippen LogP) is 1.13. The molecule has 1 fully saturated rings. The quantitative estimate of drug-likeness (QED) is 0.756. The van der Waals surface area contributed by atoms with Crippen LogP contribution in [0, 0.1) is 0 Å². The maximum absolute atomic E-state index is 11.5. The van der Waals surface area contributed by atoms with Crippen molar-refractivity contribution in [3.63, 3.8) is 0 Å². The van der Waals surface area contributed by atoms with Crippen LogP contribution in [0.2, 0.25) is 0 Å². The van der Waals surface area contributed by atoms with Crippen LogP contribution >= 0.6 is 12.4 Å². The third-order valence-electron chi connectivity index (χ3n) is 2.98. The lowest BCUT2D eigenvalue weighted by Gasteiger charge is -2.34. The van der Waals surface area contributed by atoms with Crippen LogP contribution in [0.4, 0.5) is 4.79 Å². The molecule has 0 unspecified atom stereocenters. The molecular weight excluding hydrogens is 254 g/mol. The van der Waals surface area contributed by atoms with E-state index in [9.17, 15) is 4.79 Å². The number of carbonyl (C=O) groups excluding carboxylic acids is 1. The molecule has 1 saturated heterocycles. The molecule has 0 bridgehead atoms. The standard InChI is InChI=1S/C12H25N3O2.ClH/c1-4-17-12(16)15-10-8-14(9-11-15)7-5-6-13(2)3;/h4-11H2,1-3H3;1H. The highest BCUT2D eigenvalue weighted by atomic mass is 35.5. The van der Waals surface area contributed by atoms with Crippen molar-refractivity contribution in [2.75, 3.05) is 60.0 Å². The van der Waals surface area contributed by atoms with Gasteiger partial charge in [-0.15, -0.1) is 12.4 Å². The average molecular weight is 280 g/mol. The smallest absolute Gasteiger partial charge is 0.409 e. The summed E-state index contributed by atoms with van der Waals surface area (Å²) < 4.78 is 4.99. The van der Waals surface area contributed by atoms with Gasteiger partial charge < -0.3 is 14.5 Å². The molecule has 1 aliphatic heterocycles. The normalized spacial score (nSPS) is 16.6. The SMILES string of the molecule is CCOC(=O)N1CCN(CCCN(C)C)CC1.Cl. The molecule has 6 heteroatoms. The Kier molecular flexibility index (Phi) is 9.14. The minimum Gasteiger partial charge on any atom is -0.450 e. The summed E-state index contributed by atoms with van der Waals surface area (Å²) >= 11 is 0. The topological polar surface area (TPSA) is 36.0 Å². The Hall–Kier alpha value is -0.520. The van der Waals surface area contributed by atoms with E-state index in [4.69, 9.17) is 4.74 Å².